The van der Waals surface area contributed by atoms with Crippen molar-refractivity contribution in [2.24, 2.45) is 11.8 Å². The first-order chi connectivity index (χ1) is 27.2. The fourth-order valence-corrected chi connectivity index (χ4v) is 8.20. The van der Waals surface area contributed by atoms with Gasteiger partial charge in [0.1, 0.15) is 30.5 Å². The minimum absolute atomic E-state index is 0. The van der Waals surface area contributed by atoms with Gasteiger partial charge in [0.2, 0.25) is 0 Å². The van der Waals surface area contributed by atoms with E-state index >= 15 is 0 Å². The van der Waals surface area contributed by atoms with Crippen LogP contribution in [0.15, 0.2) is 0 Å². The first kappa shape index (κ1) is 69.9. The standard InChI is InChI=1S/C32H66O21P4.4Y/c1-21(2)54(39)45-15-16-48-57(42)53-24(19-49-55(40)46-13-9-5-7-11-43-31-22(3)27(35)29(37)25(17-33)51-31)20-50-56(41)47-14-10-6-8-12-44-32-23(4)28(36)30(38)26(18-34)52-32;;;;/h21-38,54-57H,5-20H2,1-4H3;;;;. The second-order valence-electron chi connectivity index (χ2n) is 14.0. The molecular formula is C32H66O21P4Y4. The van der Waals surface area contributed by atoms with E-state index in [4.69, 9.17) is 50.6 Å². The smallest absolute Gasteiger partial charge is 0.319 e. The SMILES string of the molecule is CC1C(OCCCCCO[PH](=O)OCC(CO[PH](=O)OCCCCCOC2OC(CO)C(O)C(O)C2C)O[PH](=O)OCCO[PH](=O)C(C)C)OC(CO)C(O)C1O.[Y].[Y].[Y].[Y]. The van der Waals surface area contributed by atoms with E-state index in [-0.39, 0.29) is 176 Å². The molecule has 4 radical (unpaired) electrons. The van der Waals surface area contributed by atoms with Crippen molar-refractivity contribution >= 4 is 32.8 Å². The molecule has 0 amide bonds. The van der Waals surface area contributed by atoms with Crippen LogP contribution in [0.4, 0.5) is 0 Å². The van der Waals surface area contributed by atoms with Crippen molar-refractivity contribution in [2.45, 2.75) is 127 Å². The maximum absolute atomic E-state index is 12.5. The summed E-state index contributed by atoms with van der Waals surface area (Å²) in [5, 5.41) is 58.9. The van der Waals surface area contributed by atoms with E-state index in [1.165, 1.54) is 0 Å². The third kappa shape index (κ3) is 28.9. The van der Waals surface area contributed by atoms with Crippen molar-refractivity contribution in [3.63, 3.8) is 0 Å². The zero-order valence-electron chi connectivity index (χ0n) is 35.4. The predicted octanol–water partition coefficient (Wildman–Crippen LogP) is 2.04. The first-order valence-corrected chi connectivity index (χ1v) is 24.3. The second-order valence-corrected chi connectivity index (χ2v) is 19.2. The molecule has 2 heterocycles. The third-order valence-corrected chi connectivity index (χ3v) is 13.1. The zero-order valence-corrected chi connectivity index (χ0v) is 50.7. The van der Waals surface area contributed by atoms with Crippen molar-refractivity contribution in [3.8, 4) is 0 Å². The van der Waals surface area contributed by atoms with Crippen LogP contribution in [0.3, 0.4) is 0 Å². The van der Waals surface area contributed by atoms with Crippen LogP contribution in [0.5, 0.6) is 0 Å². The Bertz CT molecular complexity index is 1130. The Balaban J connectivity index is -0.00000841. The van der Waals surface area contributed by atoms with Crippen LogP contribution in [0.2, 0.25) is 0 Å². The number of hydrogen-bond acceptors (Lipinski definition) is 21. The van der Waals surface area contributed by atoms with Crippen molar-refractivity contribution in [2.75, 3.05) is 66.1 Å². The molecule has 0 bridgehead atoms. The van der Waals surface area contributed by atoms with Crippen LogP contribution < -0.4 is 0 Å². The van der Waals surface area contributed by atoms with Crippen molar-refractivity contribution in [1.82, 2.24) is 0 Å². The molecule has 2 rings (SSSR count). The van der Waals surface area contributed by atoms with Gasteiger partial charge in [-0.1, -0.05) is 27.7 Å². The number of ether oxygens (including phenoxy) is 4. The third-order valence-electron chi connectivity index (χ3n) is 9.01. The minimum atomic E-state index is -3.17. The molecule has 29 heteroatoms. The molecule has 352 valence electrons. The Morgan fingerprint density at radius 2 is 0.885 bits per heavy atom. The molecule has 0 aromatic heterocycles. The summed E-state index contributed by atoms with van der Waals surface area (Å²) in [7, 11) is -11.5. The van der Waals surface area contributed by atoms with Crippen LogP contribution >= 0.6 is 32.8 Å². The molecule has 14 atom stereocenters. The normalized spacial score (nSPS) is 28.9. The van der Waals surface area contributed by atoms with E-state index in [0.717, 1.165) is 0 Å². The Kier molecular flexibility index (Phi) is 47.3. The van der Waals surface area contributed by atoms with Gasteiger partial charge in [-0.3, -0.25) is 18.3 Å². The predicted molar refractivity (Wildman–Crippen MR) is 205 cm³/mol. The van der Waals surface area contributed by atoms with Crippen LogP contribution in [0.1, 0.15) is 66.2 Å². The Labute approximate surface area is 462 Å². The molecule has 6 N–H and O–H groups in total. The Hall–Kier alpha value is 4.66. The molecule has 0 saturated carbocycles. The molecule has 0 aliphatic carbocycles. The fourth-order valence-electron chi connectivity index (χ4n) is 5.42. The van der Waals surface area contributed by atoms with Crippen molar-refractivity contribution in [3.05, 3.63) is 0 Å². The maximum atomic E-state index is 12.5. The van der Waals surface area contributed by atoms with Crippen LogP contribution in [-0.2, 0) is 200 Å². The topological polar surface area (TPSA) is 291 Å². The number of aliphatic hydroxyl groups excluding tert-OH is 6. The summed E-state index contributed by atoms with van der Waals surface area (Å²) >= 11 is 0. The second kappa shape index (κ2) is 41.3. The van der Waals surface area contributed by atoms with Gasteiger partial charge >= 0.3 is 24.8 Å². The van der Waals surface area contributed by atoms with E-state index in [1.54, 1.807) is 27.7 Å². The van der Waals surface area contributed by atoms with E-state index in [2.05, 4.69) is 0 Å². The van der Waals surface area contributed by atoms with Crippen LogP contribution in [-0.4, -0.2) is 158 Å². The molecule has 2 saturated heterocycles. The molecule has 0 aromatic carbocycles. The quantitative estimate of drug-likeness (QED) is 0.0415. The van der Waals surface area contributed by atoms with Gasteiger partial charge in [-0.05, 0) is 38.5 Å². The van der Waals surface area contributed by atoms with Crippen molar-refractivity contribution in [1.29, 1.82) is 0 Å². The van der Waals surface area contributed by atoms with Gasteiger partial charge in [0, 0.05) is 162 Å². The van der Waals surface area contributed by atoms with Gasteiger partial charge in [0.15, 0.2) is 20.6 Å². The van der Waals surface area contributed by atoms with Gasteiger partial charge < -0.3 is 81.3 Å². The fraction of sp³-hybridized carbons (Fsp3) is 1.00. The van der Waals surface area contributed by atoms with Crippen molar-refractivity contribution < 1.29 is 230 Å². The summed E-state index contributed by atoms with van der Waals surface area (Å²) in [6.45, 7) is 5.54. The molecule has 21 nitrogen and oxygen atoms in total. The minimum Gasteiger partial charge on any atom is -0.394 e. The summed E-state index contributed by atoms with van der Waals surface area (Å²) in [5.41, 5.74) is -0.168. The first-order valence-electron chi connectivity index (χ1n) is 19.3. The molecule has 14 unspecified atom stereocenters. The number of aliphatic hydroxyl groups is 6. The summed E-state index contributed by atoms with van der Waals surface area (Å²) in [4.78, 5) is 0. The van der Waals surface area contributed by atoms with Crippen LogP contribution in [0, 0.1) is 11.8 Å². The number of hydrogen-bond donors (Lipinski definition) is 6. The molecule has 2 fully saturated rings. The molecule has 0 aromatic rings. The average Bonchev–Trinajstić information content (AvgIpc) is 3.19. The van der Waals surface area contributed by atoms with Crippen LogP contribution in [0.25, 0.3) is 0 Å². The Morgan fingerprint density at radius 1 is 0.508 bits per heavy atom. The molecule has 0 spiro atoms. The maximum Gasteiger partial charge on any atom is 0.319 e. The van der Waals surface area contributed by atoms with Gasteiger partial charge in [-0.25, -0.2) is 0 Å². The summed E-state index contributed by atoms with van der Waals surface area (Å²) in [6.07, 6.45) is -5.83. The summed E-state index contributed by atoms with van der Waals surface area (Å²) < 4.78 is 108. The number of rotatable bonds is 32. The monoisotopic (exact) mass is 1270 g/mol. The van der Waals surface area contributed by atoms with Gasteiger partial charge in [-0.15, -0.1) is 0 Å². The largest absolute Gasteiger partial charge is 0.394 e. The van der Waals surface area contributed by atoms with E-state index in [0.29, 0.717) is 38.5 Å². The van der Waals surface area contributed by atoms with E-state index in [1.807, 2.05) is 0 Å². The van der Waals surface area contributed by atoms with E-state index in [9.17, 15) is 48.9 Å². The Morgan fingerprint density at radius 3 is 1.28 bits per heavy atom. The van der Waals surface area contributed by atoms with Gasteiger partial charge in [0.05, 0.1) is 65.1 Å². The van der Waals surface area contributed by atoms with Gasteiger partial charge in [-0.2, -0.15) is 0 Å². The zero-order chi connectivity index (χ0) is 42.3. The van der Waals surface area contributed by atoms with Gasteiger partial charge in [0.25, 0.3) is 0 Å². The molecule has 2 aliphatic heterocycles. The molecule has 61 heavy (non-hydrogen) atoms. The molecular weight excluding hydrogens is 1200 g/mol. The van der Waals surface area contributed by atoms with E-state index < -0.39 is 126 Å². The summed E-state index contributed by atoms with van der Waals surface area (Å²) in [5.74, 6) is -1.01. The molecule has 2 aliphatic rings. The average molecular weight is 1270 g/mol. The number of unbranched alkanes of at least 4 members (excludes halogenated alkanes) is 4. The summed E-state index contributed by atoms with van der Waals surface area (Å²) in [6, 6.07) is 0.